The highest BCUT2D eigenvalue weighted by Crippen LogP contribution is 2.25. The van der Waals surface area contributed by atoms with Crippen LogP contribution in [-0.2, 0) is 6.42 Å². The molecule has 0 spiro atoms. The van der Waals surface area contributed by atoms with Gasteiger partial charge in [0.25, 0.3) is 0 Å². The van der Waals surface area contributed by atoms with Crippen LogP contribution in [0.2, 0.25) is 0 Å². The highest BCUT2D eigenvalue weighted by molar-refractivity contribution is 5.65. The molecule has 0 aliphatic carbocycles. The molecule has 0 bridgehead atoms. The summed E-state index contributed by atoms with van der Waals surface area (Å²) in [5, 5.41) is 5.79. The van der Waals surface area contributed by atoms with Gasteiger partial charge in [0.05, 0.1) is 5.69 Å². The Morgan fingerprint density at radius 2 is 1.85 bits per heavy atom. The number of hydrogen-bond donors (Lipinski definition) is 2. The largest absolute Gasteiger partial charge is 0.373 e. The van der Waals surface area contributed by atoms with E-state index < -0.39 is 11.6 Å². The van der Waals surface area contributed by atoms with Crippen molar-refractivity contribution in [3.63, 3.8) is 0 Å². The van der Waals surface area contributed by atoms with Crippen LogP contribution in [-0.4, -0.2) is 17.0 Å². The zero-order chi connectivity index (χ0) is 14.7. The van der Waals surface area contributed by atoms with E-state index in [0.717, 1.165) is 11.6 Å². The van der Waals surface area contributed by atoms with Crippen molar-refractivity contribution in [1.82, 2.24) is 9.97 Å². The number of hydrogen-bond acceptors (Lipinski definition) is 4. The van der Waals surface area contributed by atoms with Gasteiger partial charge in [0.15, 0.2) is 11.6 Å². The Balaban J connectivity index is 2.45. The van der Waals surface area contributed by atoms with Gasteiger partial charge in [-0.2, -0.15) is 0 Å². The van der Waals surface area contributed by atoms with E-state index in [4.69, 9.17) is 0 Å². The van der Waals surface area contributed by atoms with Gasteiger partial charge < -0.3 is 10.6 Å². The monoisotopic (exact) mass is 278 g/mol. The third kappa shape index (κ3) is 2.68. The van der Waals surface area contributed by atoms with E-state index in [1.54, 1.807) is 7.05 Å². The molecule has 2 aromatic rings. The molecular weight excluding hydrogens is 262 g/mol. The summed E-state index contributed by atoms with van der Waals surface area (Å²) in [7, 11) is 1.75. The van der Waals surface area contributed by atoms with E-state index >= 15 is 0 Å². The maximum absolute atomic E-state index is 13.7. The Bertz CT molecular complexity index is 629. The average molecular weight is 278 g/mol. The van der Waals surface area contributed by atoms with Crippen LogP contribution in [0.25, 0.3) is 0 Å². The maximum Gasteiger partial charge on any atom is 0.182 e. The summed E-state index contributed by atoms with van der Waals surface area (Å²) in [5.74, 6) is -0.0676. The Morgan fingerprint density at radius 1 is 1.15 bits per heavy atom. The predicted molar refractivity (Wildman–Crippen MR) is 75.3 cm³/mol. The molecule has 2 rings (SSSR count). The van der Waals surface area contributed by atoms with Crippen LogP contribution in [0.4, 0.5) is 26.1 Å². The Hall–Kier alpha value is -2.24. The Morgan fingerprint density at radius 3 is 2.50 bits per heavy atom. The van der Waals surface area contributed by atoms with Gasteiger partial charge in [-0.25, -0.2) is 18.7 Å². The Labute approximate surface area is 116 Å². The van der Waals surface area contributed by atoms with Crippen LogP contribution >= 0.6 is 0 Å². The first-order valence-electron chi connectivity index (χ1n) is 6.33. The summed E-state index contributed by atoms with van der Waals surface area (Å²) >= 11 is 0. The lowest BCUT2D eigenvalue weighted by molar-refractivity contribution is 0.511. The van der Waals surface area contributed by atoms with E-state index in [9.17, 15) is 8.78 Å². The van der Waals surface area contributed by atoms with Crippen LogP contribution in [0.1, 0.15) is 18.3 Å². The first-order valence-corrected chi connectivity index (χ1v) is 6.33. The predicted octanol–water partition coefficient (Wildman–Crippen LogP) is 3.41. The van der Waals surface area contributed by atoms with Gasteiger partial charge in [0.1, 0.15) is 17.5 Å². The van der Waals surface area contributed by atoms with E-state index in [2.05, 4.69) is 20.6 Å². The van der Waals surface area contributed by atoms with Crippen molar-refractivity contribution in [2.24, 2.45) is 0 Å². The topological polar surface area (TPSA) is 49.8 Å². The second-order valence-corrected chi connectivity index (χ2v) is 4.29. The fraction of sp³-hybridized carbons (Fsp3) is 0.286. The molecule has 6 heteroatoms. The van der Waals surface area contributed by atoms with Crippen LogP contribution in [0.3, 0.4) is 0 Å². The second-order valence-electron chi connectivity index (χ2n) is 4.29. The number of benzene rings is 1. The van der Waals surface area contributed by atoms with Crippen molar-refractivity contribution in [2.75, 3.05) is 17.7 Å². The van der Waals surface area contributed by atoms with Crippen molar-refractivity contribution in [2.45, 2.75) is 20.3 Å². The van der Waals surface area contributed by atoms with Crippen LogP contribution < -0.4 is 10.6 Å². The molecule has 0 unspecified atom stereocenters. The lowest BCUT2D eigenvalue weighted by Crippen LogP contribution is -2.07. The summed E-state index contributed by atoms with van der Waals surface area (Å²) in [6.45, 7) is 3.74. The van der Waals surface area contributed by atoms with Gasteiger partial charge in [-0.15, -0.1) is 0 Å². The van der Waals surface area contributed by atoms with E-state index in [-0.39, 0.29) is 5.69 Å². The highest BCUT2D eigenvalue weighted by Gasteiger charge is 2.13. The summed E-state index contributed by atoms with van der Waals surface area (Å²) in [5.41, 5.74) is 0.796. The fourth-order valence-corrected chi connectivity index (χ4v) is 1.81. The van der Waals surface area contributed by atoms with Crippen LogP contribution in [0.15, 0.2) is 18.2 Å². The minimum Gasteiger partial charge on any atom is -0.373 e. The van der Waals surface area contributed by atoms with Crippen LogP contribution in [0, 0.1) is 18.6 Å². The zero-order valence-corrected chi connectivity index (χ0v) is 11.6. The summed E-state index contributed by atoms with van der Waals surface area (Å²) in [6.07, 6.45) is 0.648. The third-order valence-electron chi connectivity index (χ3n) is 2.95. The number of aryl methyl sites for hydroxylation is 1. The van der Waals surface area contributed by atoms with Crippen molar-refractivity contribution in [3.8, 4) is 0 Å². The maximum atomic E-state index is 13.7. The molecule has 4 nitrogen and oxygen atoms in total. The molecular formula is C14H16F2N4. The normalized spacial score (nSPS) is 10.4. The van der Waals surface area contributed by atoms with Gasteiger partial charge in [0, 0.05) is 19.0 Å². The number of nitrogens with one attached hydrogen (secondary N) is 2. The molecule has 0 fully saturated rings. The summed E-state index contributed by atoms with van der Waals surface area (Å²) in [6, 6.07) is 3.98. The highest BCUT2D eigenvalue weighted by atomic mass is 19.2. The molecule has 2 N–H and O–H groups in total. The van der Waals surface area contributed by atoms with Crippen molar-refractivity contribution in [1.29, 1.82) is 0 Å². The standard InChI is InChI=1S/C14H16F2N4/c1-4-11-19-13(17-3)8(2)14(20-11)18-10-7-5-6-9(15)12(10)16/h5-7H,4H2,1-3H3,(H2,17,18,19,20). The van der Waals surface area contributed by atoms with Crippen LogP contribution in [0.5, 0.6) is 0 Å². The molecule has 106 valence electrons. The van der Waals surface area contributed by atoms with Crippen molar-refractivity contribution < 1.29 is 8.78 Å². The summed E-state index contributed by atoms with van der Waals surface area (Å²) < 4.78 is 26.9. The number of aromatic nitrogens is 2. The van der Waals surface area contributed by atoms with Gasteiger partial charge in [-0.05, 0) is 19.1 Å². The molecule has 0 radical (unpaired) electrons. The first-order chi connectivity index (χ1) is 9.56. The average Bonchev–Trinajstić information content (AvgIpc) is 2.45. The molecule has 1 heterocycles. The van der Waals surface area contributed by atoms with Crippen molar-refractivity contribution >= 4 is 17.3 Å². The van der Waals surface area contributed by atoms with Gasteiger partial charge in [0.2, 0.25) is 0 Å². The lowest BCUT2D eigenvalue weighted by atomic mass is 10.2. The SMILES string of the molecule is CCc1nc(NC)c(C)c(Nc2cccc(F)c2F)n1. The third-order valence-corrected chi connectivity index (χ3v) is 2.95. The molecule has 0 aliphatic rings. The molecule has 0 atom stereocenters. The van der Waals surface area contributed by atoms with Gasteiger partial charge in [-0.1, -0.05) is 13.0 Å². The molecule has 0 amide bonds. The quantitative estimate of drug-likeness (QED) is 0.899. The number of rotatable bonds is 4. The van der Waals surface area contributed by atoms with Crippen molar-refractivity contribution in [3.05, 3.63) is 41.2 Å². The second kappa shape index (κ2) is 5.81. The molecule has 1 aromatic carbocycles. The molecule has 0 saturated heterocycles. The number of halogens is 2. The first kappa shape index (κ1) is 14.2. The van der Waals surface area contributed by atoms with Gasteiger partial charge >= 0.3 is 0 Å². The van der Waals surface area contributed by atoms with E-state index in [0.29, 0.717) is 23.9 Å². The fourth-order valence-electron chi connectivity index (χ4n) is 1.81. The minimum atomic E-state index is -0.922. The molecule has 1 aromatic heterocycles. The molecule has 20 heavy (non-hydrogen) atoms. The number of nitrogens with zero attached hydrogens (tertiary/aromatic N) is 2. The lowest BCUT2D eigenvalue weighted by Gasteiger charge is -2.13. The van der Waals surface area contributed by atoms with E-state index in [1.165, 1.54) is 12.1 Å². The zero-order valence-electron chi connectivity index (χ0n) is 11.6. The Kier molecular flexibility index (Phi) is 4.12. The van der Waals surface area contributed by atoms with E-state index in [1.807, 2.05) is 13.8 Å². The van der Waals surface area contributed by atoms with Gasteiger partial charge in [-0.3, -0.25) is 0 Å². The molecule has 0 saturated carbocycles. The smallest absolute Gasteiger partial charge is 0.182 e. The molecule has 0 aliphatic heterocycles. The summed E-state index contributed by atoms with van der Waals surface area (Å²) in [4.78, 5) is 8.64. The minimum absolute atomic E-state index is 0.0518. The number of anilines is 3.